The van der Waals surface area contributed by atoms with E-state index in [1.807, 2.05) is 32.6 Å². The second kappa shape index (κ2) is 3.05. The molecule has 0 aliphatic carbocycles. The van der Waals surface area contributed by atoms with Crippen molar-refractivity contribution in [2.45, 2.75) is 39.3 Å². The Balaban J connectivity index is 2.20. The predicted molar refractivity (Wildman–Crippen MR) is 46.9 cm³/mol. The Morgan fingerprint density at radius 1 is 1.58 bits per heavy atom. The first-order valence-electron chi connectivity index (χ1n) is 4.33. The largest absolute Gasteiger partial charge is 0.366 e. The Kier molecular flexibility index (Phi) is 2.42. The van der Waals surface area contributed by atoms with Gasteiger partial charge in [-0.05, 0) is 27.7 Å². The minimum Gasteiger partial charge on any atom is -0.366 e. The number of hydrogen-bond acceptors (Lipinski definition) is 2. The topological polar surface area (TPSA) is 29.3 Å². The van der Waals surface area contributed by atoms with Crippen LogP contribution in [0.1, 0.15) is 27.7 Å². The van der Waals surface area contributed by atoms with E-state index in [0.717, 1.165) is 6.54 Å². The number of hydrogen-bond donors (Lipinski definition) is 0. The van der Waals surface area contributed by atoms with Gasteiger partial charge in [-0.15, -0.1) is 0 Å². The first kappa shape index (κ1) is 9.52. The minimum atomic E-state index is -0.213. The van der Waals surface area contributed by atoms with Crippen LogP contribution >= 0.6 is 0 Å². The van der Waals surface area contributed by atoms with Crippen LogP contribution in [0.2, 0.25) is 0 Å². The van der Waals surface area contributed by atoms with Crippen LogP contribution in [0.15, 0.2) is 0 Å². The van der Waals surface area contributed by atoms with Crippen molar-refractivity contribution in [1.82, 2.24) is 4.90 Å². The number of carbonyl (C=O) groups excluding carboxylic acids is 1. The first-order chi connectivity index (χ1) is 5.40. The van der Waals surface area contributed by atoms with Crippen molar-refractivity contribution in [3.63, 3.8) is 0 Å². The van der Waals surface area contributed by atoms with Crippen molar-refractivity contribution in [2.75, 3.05) is 13.2 Å². The molecule has 12 heavy (non-hydrogen) atoms. The van der Waals surface area contributed by atoms with Crippen molar-refractivity contribution in [3.8, 4) is 0 Å². The molecular formula is C9H17NO2. The van der Waals surface area contributed by atoms with Gasteiger partial charge in [-0.25, -0.2) is 0 Å². The van der Waals surface area contributed by atoms with Gasteiger partial charge in [-0.2, -0.15) is 0 Å². The van der Waals surface area contributed by atoms with E-state index in [4.69, 9.17) is 4.74 Å². The molecule has 1 saturated heterocycles. The lowest BCUT2D eigenvalue weighted by atomic mass is 10.2. The molecule has 1 aliphatic heterocycles. The van der Waals surface area contributed by atoms with E-state index >= 15 is 0 Å². The molecule has 0 aromatic heterocycles. The fourth-order valence-electron chi connectivity index (χ4n) is 0.946. The van der Waals surface area contributed by atoms with Crippen LogP contribution in [0.4, 0.5) is 0 Å². The Morgan fingerprint density at radius 2 is 2.08 bits per heavy atom. The molecule has 70 valence electrons. The van der Waals surface area contributed by atoms with Crippen molar-refractivity contribution in [3.05, 3.63) is 0 Å². The van der Waals surface area contributed by atoms with E-state index < -0.39 is 0 Å². The van der Waals surface area contributed by atoms with Gasteiger partial charge in [0.25, 0.3) is 0 Å². The molecule has 0 aromatic carbocycles. The molecule has 3 heteroatoms. The smallest absolute Gasteiger partial charge is 0.248 e. The molecule has 0 saturated carbocycles. The van der Waals surface area contributed by atoms with E-state index in [9.17, 15) is 4.79 Å². The Hall–Kier alpha value is -0.570. The zero-order valence-corrected chi connectivity index (χ0v) is 8.26. The molecule has 0 spiro atoms. The summed E-state index contributed by atoms with van der Waals surface area (Å²) >= 11 is 0. The molecule has 3 nitrogen and oxygen atoms in total. The zero-order valence-electron chi connectivity index (χ0n) is 8.26. The van der Waals surface area contributed by atoms with Crippen LogP contribution in [0, 0.1) is 0 Å². The number of amides is 1. The highest BCUT2D eigenvalue weighted by atomic mass is 16.5. The summed E-state index contributed by atoms with van der Waals surface area (Å²) in [6.07, 6.45) is 0. The summed E-state index contributed by atoms with van der Waals surface area (Å²) in [5.74, 6) is 0.109. The number of rotatable bonds is 2. The molecule has 1 unspecified atom stereocenters. The third kappa shape index (κ3) is 2.81. The second-order valence-corrected chi connectivity index (χ2v) is 4.30. The van der Waals surface area contributed by atoms with Gasteiger partial charge >= 0.3 is 0 Å². The van der Waals surface area contributed by atoms with Gasteiger partial charge in [0, 0.05) is 12.6 Å². The van der Waals surface area contributed by atoms with E-state index in [-0.39, 0.29) is 18.1 Å². The van der Waals surface area contributed by atoms with Crippen LogP contribution in [0.5, 0.6) is 0 Å². The summed E-state index contributed by atoms with van der Waals surface area (Å²) in [4.78, 5) is 13.1. The minimum absolute atomic E-state index is 0.109. The van der Waals surface area contributed by atoms with Crippen molar-refractivity contribution in [2.24, 2.45) is 0 Å². The quantitative estimate of drug-likeness (QED) is 0.581. The molecule has 0 aromatic rings. The lowest BCUT2D eigenvalue weighted by molar-refractivity contribution is -0.135. The fraction of sp³-hybridized carbons (Fsp3) is 0.889. The van der Waals surface area contributed by atoms with Gasteiger partial charge in [0.05, 0.1) is 5.60 Å². The van der Waals surface area contributed by atoms with E-state index in [0.29, 0.717) is 6.04 Å². The summed E-state index contributed by atoms with van der Waals surface area (Å²) in [7, 11) is 0. The highest BCUT2D eigenvalue weighted by Crippen LogP contribution is 2.17. The van der Waals surface area contributed by atoms with E-state index in [1.165, 1.54) is 0 Å². The lowest BCUT2D eigenvalue weighted by Gasteiger charge is -2.18. The van der Waals surface area contributed by atoms with E-state index in [2.05, 4.69) is 0 Å². The predicted octanol–water partition coefficient (Wildman–Crippen LogP) is 1.03. The third-order valence-corrected chi connectivity index (χ3v) is 1.81. The maximum atomic E-state index is 11.3. The molecule has 0 bridgehead atoms. The highest BCUT2D eigenvalue weighted by Gasteiger charge is 2.34. The molecule has 1 rings (SSSR count). The molecular weight excluding hydrogens is 154 g/mol. The molecule has 1 aliphatic rings. The fourth-order valence-corrected chi connectivity index (χ4v) is 0.946. The van der Waals surface area contributed by atoms with Gasteiger partial charge in [0.2, 0.25) is 5.91 Å². The summed E-state index contributed by atoms with van der Waals surface area (Å²) in [5, 5.41) is 0. The number of nitrogens with zero attached hydrogens (tertiary/aromatic N) is 1. The highest BCUT2D eigenvalue weighted by molar-refractivity contribution is 5.80. The van der Waals surface area contributed by atoms with Gasteiger partial charge in [0.15, 0.2) is 0 Å². The molecule has 0 radical (unpaired) electrons. The normalized spacial score (nSPS) is 22.7. The number of carbonyl (C=O) groups is 1. The number of ether oxygens (including phenoxy) is 1. The van der Waals surface area contributed by atoms with Crippen LogP contribution in [-0.4, -0.2) is 35.6 Å². The average molecular weight is 171 g/mol. The van der Waals surface area contributed by atoms with Gasteiger partial charge in [-0.3, -0.25) is 4.79 Å². The summed E-state index contributed by atoms with van der Waals surface area (Å²) in [6, 6.07) is 0.432. The van der Waals surface area contributed by atoms with Crippen LogP contribution < -0.4 is 0 Å². The second-order valence-electron chi connectivity index (χ2n) is 4.30. The molecule has 1 fully saturated rings. The monoisotopic (exact) mass is 171 g/mol. The standard InChI is InChI=1S/C9H17NO2/c1-7-5-10(7)8(11)6-12-9(2,3)4/h7H,5-6H2,1-4H3. The van der Waals surface area contributed by atoms with Crippen molar-refractivity contribution < 1.29 is 9.53 Å². The molecule has 0 N–H and O–H groups in total. The van der Waals surface area contributed by atoms with Crippen LogP contribution in [-0.2, 0) is 9.53 Å². The van der Waals surface area contributed by atoms with Crippen LogP contribution in [0.25, 0.3) is 0 Å². The van der Waals surface area contributed by atoms with Crippen molar-refractivity contribution >= 4 is 5.91 Å². The molecule has 1 amide bonds. The maximum absolute atomic E-state index is 11.3. The zero-order chi connectivity index (χ0) is 9.35. The van der Waals surface area contributed by atoms with Gasteiger partial charge < -0.3 is 9.64 Å². The van der Waals surface area contributed by atoms with Gasteiger partial charge in [-0.1, -0.05) is 0 Å². The van der Waals surface area contributed by atoms with Gasteiger partial charge in [0.1, 0.15) is 6.61 Å². The summed E-state index contributed by atoms with van der Waals surface area (Å²) < 4.78 is 5.35. The Morgan fingerprint density at radius 3 is 2.42 bits per heavy atom. The lowest BCUT2D eigenvalue weighted by Crippen LogP contribution is -2.27. The first-order valence-corrected chi connectivity index (χ1v) is 4.33. The molecule has 1 heterocycles. The average Bonchev–Trinajstić information content (AvgIpc) is 2.60. The summed E-state index contributed by atoms with van der Waals surface area (Å²) in [5.41, 5.74) is -0.213. The maximum Gasteiger partial charge on any atom is 0.248 e. The summed E-state index contributed by atoms with van der Waals surface area (Å²) in [6.45, 7) is 9.00. The van der Waals surface area contributed by atoms with Crippen molar-refractivity contribution in [1.29, 1.82) is 0 Å². The third-order valence-electron chi connectivity index (χ3n) is 1.81. The van der Waals surface area contributed by atoms with E-state index in [1.54, 1.807) is 0 Å². The molecule has 1 atom stereocenters. The Bertz CT molecular complexity index is 183. The van der Waals surface area contributed by atoms with Crippen LogP contribution in [0.3, 0.4) is 0 Å². The SMILES string of the molecule is CC1CN1C(=O)COC(C)(C)C. The Labute approximate surface area is 73.7 Å².